The van der Waals surface area contributed by atoms with Crippen LogP contribution in [-0.4, -0.2) is 18.1 Å². The van der Waals surface area contributed by atoms with Crippen LogP contribution in [0.3, 0.4) is 0 Å². The van der Waals surface area contributed by atoms with E-state index in [2.05, 4.69) is 17.5 Å². The molecule has 1 aromatic heterocycles. The summed E-state index contributed by atoms with van der Waals surface area (Å²) in [5, 5.41) is 2.63. The number of carbonyl (C=O) groups excluding carboxylic acids is 1. The van der Waals surface area contributed by atoms with Crippen molar-refractivity contribution in [2.45, 2.75) is 0 Å². The third-order valence-corrected chi connectivity index (χ3v) is 2.90. The Labute approximate surface area is 125 Å². The number of methoxy groups -OCH3 is 1. The molecule has 7 heteroatoms. The predicted molar refractivity (Wildman–Crippen MR) is 80.0 cm³/mol. The summed E-state index contributed by atoms with van der Waals surface area (Å²) < 4.78 is 10.5. The number of halogens is 1. The average Bonchev–Trinajstić information content (AvgIpc) is 2.87. The summed E-state index contributed by atoms with van der Waals surface area (Å²) in [5.41, 5.74) is 5.95. The minimum Gasteiger partial charge on any atom is -0.495 e. The van der Waals surface area contributed by atoms with E-state index in [1.807, 2.05) is 0 Å². The molecule has 0 unspecified atom stereocenters. The van der Waals surface area contributed by atoms with E-state index in [1.165, 1.54) is 13.2 Å². The number of hydrogen-bond donors (Lipinski definition) is 2. The maximum atomic E-state index is 11.6. The zero-order chi connectivity index (χ0) is 14.7. The molecular formula is C13H11ClN2O3S. The van der Waals surface area contributed by atoms with Gasteiger partial charge in [0.15, 0.2) is 10.9 Å². The Morgan fingerprint density at radius 2 is 2.15 bits per heavy atom. The summed E-state index contributed by atoms with van der Waals surface area (Å²) >= 11 is 10.6. The molecule has 0 atom stereocenters. The number of nitrogens with two attached hydrogens (primary N) is 1. The van der Waals surface area contributed by atoms with Gasteiger partial charge in [0.05, 0.1) is 12.1 Å². The van der Waals surface area contributed by atoms with Gasteiger partial charge in [-0.3, -0.25) is 10.1 Å². The number of rotatable bonds is 3. The molecule has 1 amide bonds. The molecule has 3 N–H and O–H groups in total. The van der Waals surface area contributed by atoms with Gasteiger partial charge < -0.3 is 14.9 Å². The molecule has 0 fully saturated rings. The van der Waals surface area contributed by atoms with Gasteiger partial charge in [-0.25, -0.2) is 0 Å². The summed E-state index contributed by atoms with van der Waals surface area (Å²) in [6.45, 7) is 0. The van der Waals surface area contributed by atoms with Crippen molar-refractivity contribution in [3.8, 4) is 17.1 Å². The second kappa shape index (κ2) is 5.94. The minimum atomic E-state index is -0.497. The highest BCUT2D eigenvalue weighted by Gasteiger charge is 2.13. The number of amides is 1. The monoisotopic (exact) mass is 310 g/mol. The summed E-state index contributed by atoms with van der Waals surface area (Å²) in [7, 11) is 1.53. The topological polar surface area (TPSA) is 77.5 Å². The zero-order valence-electron chi connectivity index (χ0n) is 10.5. The summed E-state index contributed by atoms with van der Waals surface area (Å²) in [6.07, 6.45) is 0. The van der Waals surface area contributed by atoms with Crippen LogP contribution in [0.15, 0.2) is 34.7 Å². The average molecular weight is 311 g/mol. The molecule has 0 saturated heterocycles. The highest BCUT2D eigenvalue weighted by molar-refractivity contribution is 7.80. The third-order valence-electron chi connectivity index (χ3n) is 2.50. The van der Waals surface area contributed by atoms with Crippen LogP contribution < -0.4 is 15.8 Å². The van der Waals surface area contributed by atoms with Gasteiger partial charge in [-0.1, -0.05) is 11.6 Å². The zero-order valence-corrected chi connectivity index (χ0v) is 12.0. The first-order chi connectivity index (χ1) is 9.51. The fraction of sp³-hybridized carbons (Fsp3) is 0.0769. The van der Waals surface area contributed by atoms with Crippen molar-refractivity contribution in [2.75, 3.05) is 7.11 Å². The molecule has 20 heavy (non-hydrogen) atoms. The molecule has 0 aliphatic rings. The molecule has 0 spiro atoms. The SMILES string of the molecule is COc1ccc(-c2ccc(C(=O)NC(N)=S)o2)cc1Cl. The van der Waals surface area contributed by atoms with Crippen LogP contribution >= 0.6 is 23.8 Å². The Kier molecular flexibility index (Phi) is 4.26. The molecule has 0 aliphatic carbocycles. The van der Waals surface area contributed by atoms with Crippen LogP contribution in [0.25, 0.3) is 11.3 Å². The molecule has 0 bridgehead atoms. The van der Waals surface area contributed by atoms with Crippen LogP contribution in [0.1, 0.15) is 10.6 Å². The van der Waals surface area contributed by atoms with Gasteiger partial charge in [0.25, 0.3) is 5.91 Å². The van der Waals surface area contributed by atoms with E-state index < -0.39 is 5.91 Å². The summed E-state index contributed by atoms with van der Waals surface area (Å²) in [4.78, 5) is 11.6. The quantitative estimate of drug-likeness (QED) is 0.852. The molecule has 0 aliphatic heterocycles. The Morgan fingerprint density at radius 1 is 1.40 bits per heavy atom. The maximum absolute atomic E-state index is 11.6. The number of hydrogen-bond acceptors (Lipinski definition) is 4. The molecule has 2 rings (SSSR count). The molecule has 104 valence electrons. The van der Waals surface area contributed by atoms with Gasteiger partial charge in [-0.15, -0.1) is 0 Å². The summed E-state index contributed by atoms with van der Waals surface area (Å²) in [5.74, 6) is 0.680. The first-order valence-corrected chi connectivity index (χ1v) is 6.34. The fourth-order valence-corrected chi connectivity index (χ4v) is 1.96. The van der Waals surface area contributed by atoms with Crippen molar-refractivity contribution in [1.29, 1.82) is 0 Å². The predicted octanol–water partition coefficient (Wildman–Crippen LogP) is 2.58. The highest BCUT2D eigenvalue weighted by atomic mass is 35.5. The number of furan rings is 1. The van der Waals surface area contributed by atoms with E-state index >= 15 is 0 Å². The van der Waals surface area contributed by atoms with Crippen LogP contribution in [-0.2, 0) is 0 Å². The first kappa shape index (κ1) is 14.4. The lowest BCUT2D eigenvalue weighted by Gasteiger charge is -2.04. The van der Waals surface area contributed by atoms with Gasteiger partial charge in [0, 0.05) is 5.56 Å². The molecule has 5 nitrogen and oxygen atoms in total. The van der Waals surface area contributed by atoms with Crippen molar-refractivity contribution in [2.24, 2.45) is 5.73 Å². The Hall–Kier alpha value is -2.05. The minimum absolute atomic E-state index is 0.111. The van der Waals surface area contributed by atoms with Crippen LogP contribution in [0.5, 0.6) is 5.75 Å². The third kappa shape index (κ3) is 3.09. The summed E-state index contributed by atoms with van der Waals surface area (Å²) in [6, 6.07) is 8.37. The smallest absolute Gasteiger partial charge is 0.293 e. The van der Waals surface area contributed by atoms with E-state index in [0.717, 1.165) is 5.56 Å². The lowest BCUT2D eigenvalue weighted by atomic mass is 10.2. The van der Waals surface area contributed by atoms with Crippen molar-refractivity contribution in [1.82, 2.24) is 5.32 Å². The highest BCUT2D eigenvalue weighted by Crippen LogP contribution is 2.31. The van der Waals surface area contributed by atoms with Crippen molar-refractivity contribution in [3.05, 3.63) is 41.1 Å². The van der Waals surface area contributed by atoms with Gasteiger partial charge >= 0.3 is 0 Å². The van der Waals surface area contributed by atoms with Gasteiger partial charge in [-0.05, 0) is 42.5 Å². The largest absolute Gasteiger partial charge is 0.495 e. The van der Waals surface area contributed by atoms with Gasteiger partial charge in [-0.2, -0.15) is 0 Å². The number of thiocarbonyl (C=S) groups is 1. The number of ether oxygens (including phenoxy) is 1. The van der Waals surface area contributed by atoms with Gasteiger partial charge in [0.2, 0.25) is 0 Å². The normalized spacial score (nSPS) is 10.1. The van der Waals surface area contributed by atoms with Crippen molar-refractivity contribution >= 4 is 34.8 Å². The maximum Gasteiger partial charge on any atom is 0.293 e. The van der Waals surface area contributed by atoms with E-state index in [1.54, 1.807) is 24.3 Å². The second-order valence-electron chi connectivity index (χ2n) is 3.83. The second-order valence-corrected chi connectivity index (χ2v) is 4.68. The van der Waals surface area contributed by atoms with Crippen molar-refractivity contribution in [3.63, 3.8) is 0 Å². The van der Waals surface area contributed by atoms with E-state index in [0.29, 0.717) is 16.5 Å². The lowest BCUT2D eigenvalue weighted by molar-refractivity contribution is 0.0951. The van der Waals surface area contributed by atoms with E-state index in [-0.39, 0.29) is 10.9 Å². The standard InChI is InChI=1S/C13H11ClN2O3S/c1-18-10-3-2-7(6-8(10)14)9-4-5-11(19-9)12(17)16-13(15)20/h2-6H,1H3,(H3,15,16,17,20). The van der Waals surface area contributed by atoms with Crippen LogP contribution in [0.2, 0.25) is 5.02 Å². The molecule has 0 radical (unpaired) electrons. The number of carbonyl (C=O) groups is 1. The van der Waals surface area contributed by atoms with E-state index in [4.69, 9.17) is 26.5 Å². The Balaban J connectivity index is 2.26. The lowest BCUT2D eigenvalue weighted by Crippen LogP contribution is -2.34. The van der Waals surface area contributed by atoms with Crippen molar-refractivity contribution < 1.29 is 13.9 Å². The molecule has 1 heterocycles. The number of benzene rings is 1. The first-order valence-electron chi connectivity index (χ1n) is 5.56. The van der Waals surface area contributed by atoms with Gasteiger partial charge in [0.1, 0.15) is 11.5 Å². The van der Waals surface area contributed by atoms with Crippen LogP contribution in [0, 0.1) is 0 Å². The number of nitrogens with one attached hydrogen (secondary N) is 1. The van der Waals surface area contributed by atoms with Crippen LogP contribution in [0.4, 0.5) is 0 Å². The molecule has 1 aromatic carbocycles. The molecule has 0 saturated carbocycles. The van der Waals surface area contributed by atoms with E-state index in [9.17, 15) is 4.79 Å². The Morgan fingerprint density at radius 3 is 2.75 bits per heavy atom. The fourth-order valence-electron chi connectivity index (χ4n) is 1.61. The Bertz CT molecular complexity index is 669. The molecular weight excluding hydrogens is 300 g/mol. The molecule has 2 aromatic rings.